The maximum atomic E-state index is 13.3. The molecule has 1 fully saturated rings. The molecule has 0 spiro atoms. The normalized spacial score (nSPS) is 14.6. The van der Waals surface area contributed by atoms with Crippen molar-refractivity contribution in [3.8, 4) is 11.5 Å². The Morgan fingerprint density at radius 3 is 2.26 bits per heavy atom. The Labute approximate surface area is 209 Å². The van der Waals surface area contributed by atoms with Crippen LogP contribution in [0.2, 0.25) is 0 Å². The molecule has 0 atom stereocenters. The number of likely N-dealkylation sites (tertiary alicyclic amines) is 1. The van der Waals surface area contributed by atoms with Crippen LogP contribution in [-0.4, -0.2) is 31.0 Å². The van der Waals surface area contributed by atoms with Gasteiger partial charge in [-0.3, -0.25) is 4.79 Å². The van der Waals surface area contributed by atoms with E-state index in [1.807, 2.05) is 35.2 Å². The van der Waals surface area contributed by atoms with Crippen molar-refractivity contribution in [3.63, 3.8) is 0 Å². The third-order valence-electron chi connectivity index (χ3n) is 6.91. The predicted octanol–water partition coefficient (Wildman–Crippen LogP) is 6.67. The first-order chi connectivity index (χ1) is 16.8. The molecule has 1 aliphatic heterocycles. The molecule has 35 heavy (non-hydrogen) atoms. The molecule has 4 nitrogen and oxygen atoms in total. The fourth-order valence-corrected chi connectivity index (χ4v) is 4.71. The van der Waals surface area contributed by atoms with Crippen LogP contribution in [-0.2, 0) is 18.4 Å². The van der Waals surface area contributed by atoms with Crippen molar-refractivity contribution >= 4 is 5.91 Å². The molecule has 1 amide bonds. The SMILES string of the molecule is COc1ccc(C(=O)N2CCC(Cc3ccccc3)CC2)cc1COc1ccc(C(C)(C)C)cc1. The van der Waals surface area contributed by atoms with Crippen molar-refractivity contribution in [2.24, 2.45) is 5.92 Å². The molecular formula is C31H37NO3. The van der Waals surface area contributed by atoms with Gasteiger partial charge in [0.05, 0.1) is 7.11 Å². The van der Waals surface area contributed by atoms with Crippen molar-refractivity contribution in [1.82, 2.24) is 4.90 Å². The van der Waals surface area contributed by atoms with Gasteiger partial charge in [0.2, 0.25) is 0 Å². The molecule has 3 aromatic rings. The molecular weight excluding hydrogens is 434 g/mol. The molecule has 184 valence electrons. The summed E-state index contributed by atoms with van der Waals surface area (Å²) in [5.74, 6) is 2.25. The molecule has 0 aromatic heterocycles. The molecule has 0 radical (unpaired) electrons. The molecule has 0 N–H and O–H groups in total. The van der Waals surface area contributed by atoms with E-state index in [1.54, 1.807) is 7.11 Å². The summed E-state index contributed by atoms with van der Waals surface area (Å²) in [6.45, 7) is 8.53. The monoisotopic (exact) mass is 471 g/mol. The van der Waals surface area contributed by atoms with Crippen molar-refractivity contribution < 1.29 is 14.3 Å². The van der Waals surface area contributed by atoms with Crippen LogP contribution in [0.1, 0.15) is 60.7 Å². The van der Waals surface area contributed by atoms with Gasteiger partial charge < -0.3 is 14.4 Å². The molecule has 4 rings (SSSR count). The Morgan fingerprint density at radius 1 is 0.943 bits per heavy atom. The lowest BCUT2D eigenvalue weighted by Gasteiger charge is -2.32. The number of methoxy groups -OCH3 is 1. The van der Waals surface area contributed by atoms with Gasteiger partial charge in [-0.25, -0.2) is 0 Å². The molecule has 3 aromatic carbocycles. The number of ether oxygens (including phenoxy) is 2. The Bertz CT molecular complexity index is 1110. The lowest BCUT2D eigenvalue weighted by atomic mass is 9.87. The van der Waals surface area contributed by atoms with Gasteiger partial charge >= 0.3 is 0 Å². The van der Waals surface area contributed by atoms with Crippen LogP contribution in [0.4, 0.5) is 0 Å². The average Bonchev–Trinajstić information content (AvgIpc) is 2.87. The number of benzene rings is 3. The summed E-state index contributed by atoms with van der Waals surface area (Å²) >= 11 is 0. The Kier molecular flexibility index (Phi) is 7.80. The number of piperidine rings is 1. The Balaban J connectivity index is 1.37. The van der Waals surface area contributed by atoms with Crippen LogP contribution in [0.25, 0.3) is 0 Å². The van der Waals surface area contributed by atoms with Crippen LogP contribution < -0.4 is 9.47 Å². The fourth-order valence-electron chi connectivity index (χ4n) is 4.71. The summed E-state index contributed by atoms with van der Waals surface area (Å²) in [6.07, 6.45) is 3.16. The minimum Gasteiger partial charge on any atom is -0.496 e. The zero-order valence-electron chi connectivity index (χ0n) is 21.4. The average molecular weight is 472 g/mol. The number of carbonyl (C=O) groups is 1. The van der Waals surface area contributed by atoms with Crippen LogP contribution in [0.5, 0.6) is 11.5 Å². The zero-order valence-corrected chi connectivity index (χ0v) is 21.4. The van der Waals surface area contributed by atoms with E-state index in [2.05, 4.69) is 63.2 Å². The van der Waals surface area contributed by atoms with Gasteiger partial charge in [0.1, 0.15) is 18.1 Å². The molecule has 0 saturated carbocycles. The second-order valence-corrected chi connectivity index (χ2v) is 10.5. The fraction of sp³-hybridized carbons (Fsp3) is 0.387. The largest absolute Gasteiger partial charge is 0.496 e. The summed E-state index contributed by atoms with van der Waals surface area (Å²) in [4.78, 5) is 15.3. The smallest absolute Gasteiger partial charge is 0.253 e. The summed E-state index contributed by atoms with van der Waals surface area (Å²) in [5.41, 5.74) is 4.31. The van der Waals surface area contributed by atoms with Crippen molar-refractivity contribution in [2.75, 3.05) is 20.2 Å². The van der Waals surface area contributed by atoms with E-state index in [0.29, 0.717) is 18.1 Å². The zero-order chi connectivity index (χ0) is 24.8. The van der Waals surface area contributed by atoms with Crippen molar-refractivity contribution in [2.45, 2.75) is 52.1 Å². The highest BCUT2D eigenvalue weighted by Gasteiger charge is 2.24. The van der Waals surface area contributed by atoms with Gasteiger partial charge in [-0.1, -0.05) is 63.2 Å². The van der Waals surface area contributed by atoms with Crippen molar-refractivity contribution in [1.29, 1.82) is 0 Å². The third-order valence-corrected chi connectivity index (χ3v) is 6.91. The summed E-state index contributed by atoms with van der Waals surface area (Å²) in [6, 6.07) is 24.5. The van der Waals surface area contributed by atoms with Crippen LogP contribution in [0.3, 0.4) is 0 Å². The van der Waals surface area contributed by atoms with Crippen LogP contribution in [0, 0.1) is 5.92 Å². The summed E-state index contributed by atoms with van der Waals surface area (Å²) in [7, 11) is 1.65. The minimum atomic E-state index is 0.0848. The molecule has 4 heteroatoms. The van der Waals surface area contributed by atoms with E-state index in [9.17, 15) is 4.79 Å². The minimum absolute atomic E-state index is 0.0848. The maximum Gasteiger partial charge on any atom is 0.253 e. The number of hydrogen-bond donors (Lipinski definition) is 0. The van der Waals surface area contributed by atoms with E-state index in [1.165, 1.54) is 11.1 Å². The van der Waals surface area contributed by atoms with Gasteiger partial charge in [0.15, 0.2) is 0 Å². The molecule has 1 heterocycles. The third kappa shape index (κ3) is 6.45. The van der Waals surface area contributed by atoms with Gasteiger partial charge in [0, 0.05) is 24.2 Å². The number of hydrogen-bond acceptors (Lipinski definition) is 3. The van der Waals surface area contributed by atoms with Gasteiger partial charge in [-0.05, 0) is 72.1 Å². The highest BCUT2D eigenvalue weighted by atomic mass is 16.5. The Hall–Kier alpha value is -3.27. The van der Waals surface area contributed by atoms with Crippen LogP contribution >= 0.6 is 0 Å². The van der Waals surface area contributed by atoms with E-state index >= 15 is 0 Å². The van der Waals surface area contributed by atoms with E-state index < -0.39 is 0 Å². The lowest BCUT2D eigenvalue weighted by Crippen LogP contribution is -2.39. The van der Waals surface area contributed by atoms with Crippen molar-refractivity contribution in [3.05, 3.63) is 95.1 Å². The Morgan fingerprint density at radius 2 is 1.63 bits per heavy atom. The highest BCUT2D eigenvalue weighted by molar-refractivity contribution is 5.94. The van der Waals surface area contributed by atoms with Crippen LogP contribution in [0.15, 0.2) is 72.8 Å². The lowest BCUT2D eigenvalue weighted by molar-refractivity contribution is 0.0690. The summed E-state index contributed by atoms with van der Waals surface area (Å²) < 4.78 is 11.6. The number of carbonyl (C=O) groups excluding carboxylic acids is 1. The molecule has 1 saturated heterocycles. The molecule has 1 aliphatic rings. The highest BCUT2D eigenvalue weighted by Crippen LogP contribution is 2.27. The molecule has 0 aliphatic carbocycles. The summed E-state index contributed by atoms with van der Waals surface area (Å²) in [5, 5.41) is 0. The molecule has 0 bridgehead atoms. The molecule has 0 unspecified atom stereocenters. The standard InChI is InChI=1S/C31H37NO3/c1-31(2,3)27-11-13-28(14-12-27)35-22-26-21-25(10-15-29(26)34-4)30(33)32-18-16-24(17-19-32)20-23-8-6-5-7-9-23/h5-15,21,24H,16-20,22H2,1-4H3. The number of rotatable bonds is 7. The van der Waals surface area contributed by atoms with Gasteiger partial charge in [0.25, 0.3) is 5.91 Å². The number of nitrogens with zero attached hydrogens (tertiary/aromatic N) is 1. The van der Waals surface area contributed by atoms with Gasteiger partial charge in [-0.2, -0.15) is 0 Å². The topological polar surface area (TPSA) is 38.8 Å². The second-order valence-electron chi connectivity index (χ2n) is 10.5. The first-order valence-corrected chi connectivity index (χ1v) is 12.6. The van der Waals surface area contributed by atoms with E-state index in [4.69, 9.17) is 9.47 Å². The first-order valence-electron chi connectivity index (χ1n) is 12.6. The second kappa shape index (κ2) is 11.0. The number of amides is 1. The quantitative estimate of drug-likeness (QED) is 0.386. The predicted molar refractivity (Wildman–Crippen MR) is 141 cm³/mol. The van der Waals surface area contributed by atoms with Gasteiger partial charge in [-0.15, -0.1) is 0 Å². The first kappa shape index (κ1) is 24.8. The van der Waals surface area contributed by atoms with E-state index in [-0.39, 0.29) is 11.3 Å². The maximum absolute atomic E-state index is 13.3. The van der Waals surface area contributed by atoms with E-state index in [0.717, 1.165) is 49.4 Å².